The largest absolute Gasteiger partial charge is 0.443 e. The predicted octanol–water partition coefficient (Wildman–Crippen LogP) is 2.90. The zero-order chi connectivity index (χ0) is 18.1. The lowest BCUT2D eigenvalue weighted by atomic mass is 9.94. The summed E-state index contributed by atoms with van der Waals surface area (Å²) in [5, 5.41) is 6.64. The molecule has 0 aromatic carbocycles. The van der Waals surface area contributed by atoms with Crippen molar-refractivity contribution in [3.63, 3.8) is 0 Å². The maximum atomic E-state index is 5.80. The van der Waals surface area contributed by atoms with Crippen LogP contribution in [0.5, 0.6) is 0 Å². The van der Waals surface area contributed by atoms with E-state index >= 15 is 0 Å². The second-order valence-corrected chi connectivity index (χ2v) is 7.83. The number of nitrogens with zero attached hydrogens (tertiary/aromatic N) is 3. The van der Waals surface area contributed by atoms with Crippen LogP contribution in [0.25, 0.3) is 0 Å². The van der Waals surface area contributed by atoms with Gasteiger partial charge in [0.2, 0.25) is 5.89 Å². The monoisotopic (exact) mass is 349 g/mol. The Morgan fingerprint density at radius 2 is 1.92 bits per heavy atom. The van der Waals surface area contributed by atoms with Crippen LogP contribution >= 0.6 is 0 Å². The lowest BCUT2D eigenvalue weighted by molar-refractivity contribution is 0.282. The van der Waals surface area contributed by atoms with Crippen molar-refractivity contribution < 1.29 is 4.42 Å². The van der Waals surface area contributed by atoms with Crippen LogP contribution in [0.4, 0.5) is 0 Å². The minimum absolute atomic E-state index is 0.0154. The van der Waals surface area contributed by atoms with E-state index in [-0.39, 0.29) is 5.41 Å². The average molecular weight is 350 g/mol. The Morgan fingerprint density at radius 1 is 1.20 bits per heavy atom. The lowest BCUT2D eigenvalue weighted by Gasteiger charge is -2.20. The maximum absolute atomic E-state index is 5.80. The Labute approximate surface area is 152 Å². The minimum Gasteiger partial charge on any atom is -0.443 e. The van der Waals surface area contributed by atoms with Gasteiger partial charge in [-0.2, -0.15) is 0 Å². The number of likely N-dealkylation sites (tertiary alicyclic amines) is 1. The Morgan fingerprint density at radius 3 is 2.52 bits per heavy atom. The molecule has 2 N–H and O–H groups in total. The predicted molar refractivity (Wildman–Crippen MR) is 103 cm³/mol. The highest BCUT2D eigenvalue weighted by atomic mass is 16.4. The quantitative estimate of drug-likeness (QED) is 0.470. The number of rotatable bonds is 6. The smallest absolute Gasteiger partial charge is 0.213 e. The third kappa shape index (κ3) is 7.06. The van der Waals surface area contributed by atoms with E-state index in [4.69, 9.17) is 4.42 Å². The van der Waals surface area contributed by atoms with E-state index in [2.05, 4.69) is 46.3 Å². The van der Waals surface area contributed by atoms with Gasteiger partial charge < -0.3 is 20.0 Å². The molecule has 142 valence electrons. The molecule has 2 rings (SSSR count). The van der Waals surface area contributed by atoms with Crippen molar-refractivity contribution in [1.82, 2.24) is 20.5 Å². The van der Waals surface area contributed by atoms with Crippen molar-refractivity contribution in [1.29, 1.82) is 0 Å². The van der Waals surface area contributed by atoms with E-state index in [9.17, 15) is 0 Å². The molecular weight excluding hydrogens is 314 g/mol. The van der Waals surface area contributed by atoms with Crippen molar-refractivity contribution in [3.8, 4) is 0 Å². The Bertz CT molecular complexity index is 524. The molecule has 0 bridgehead atoms. The first-order valence-corrected chi connectivity index (χ1v) is 9.61. The van der Waals surface area contributed by atoms with Gasteiger partial charge in [0, 0.05) is 19.0 Å². The van der Waals surface area contributed by atoms with Crippen LogP contribution in [-0.4, -0.2) is 49.1 Å². The Balaban J connectivity index is 1.66. The summed E-state index contributed by atoms with van der Waals surface area (Å²) in [4.78, 5) is 11.2. The summed E-state index contributed by atoms with van der Waals surface area (Å²) in [6.07, 6.45) is 8.43. The summed E-state index contributed by atoms with van der Waals surface area (Å²) in [6, 6.07) is 0. The van der Waals surface area contributed by atoms with Crippen molar-refractivity contribution in [2.75, 3.05) is 33.2 Å². The van der Waals surface area contributed by atoms with Crippen molar-refractivity contribution in [2.24, 2.45) is 4.99 Å². The highest BCUT2D eigenvalue weighted by Gasteiger charge is 2.19. The Kier molecular flexibility index (Phi) is 7.75. The minimum atomic E-state index is -0.0154. The summed E-state index contributed by atoms with van der Waals surface area (Å²) < 4.78 is 5.80. The fourth-order valence-electron chi connectivity index (χ4n) is 2.99. The molecule has 1 fully saturated rings. The molecule has 1 aliphatic rings. The molecule has 0 atom stereocenters. The zero-order valence-electron chi connectivity index (χ0n) is 16.4. The average Bonchev–Trinajstić information content (AvgIpc) is 2.91. The fraction of sp³-hybridized carbons (Fsp3) is 0.789. The topological polar surface area (TPSA) is 65.7 Å². The second kappa shape index (κ2) is 9.80. The van der Waals surface area contributed by atoms with E-state index in [1.54, 1.807) is 7.05 Å². The van der Waals surface area contributed by atoms with E-state index in [0.29, 0.717) is 12.4 Å². The highest BCUT2D eigenvalue weighted by molar-refractivity contribution is 5.79. The molecule has 0 unspecified atom stereocenters. The molecule has 0 aliphatic carbocycles. The van der Waals surface area contributed by atoms with Crippen LogP contribution in [0.1, 0.15) is 64.5 Å². The van der Waals surface area contributed by atoms with Gasteiger partial charge in [0.25, 0.3) is 0 Å². The summed E-state index contributed by atoms with van der Waals surface area (Å²) >= 11 is 0. The molecule has 2 heterocycles. The first-order valence-electron chi connectivity index (χ1n) is 9.61. The van der Waals surface area contributed by atoms with Gasteiger partial charge in [-0.1, -0.05) is 33.6 Å². The fourth-order valence-corrected chi connectivity index (χ4v) is 2.99. The van der Waals surface area contributed by atoms with Gasteiger partial charge in [0.1, 0.15) is 5.76 Å². The summed E-state index contributed by atoms with van der Waals surface area (Å²) in [5.41, 5.74) is -0.0154. The number of nitrogens with one attached hydrogen (secondary N) is 2. The molecule has 0 saturated carbocycles. The van der Waals surface area contributed by atoms with Gasteiger partial charge in [-0.15, -0.1) is 0 Å². The molecule has 0 amide bonds. The SMILES string of the molecule is CN=C(NCCCN1CCCCCC1)NCc1ncc(C(C)(C)C)o1. The molecule has 1 saturated heterocycles. The zero-order valence-corrected chi connectivity index (χ0v) is 16.4. The van der Waals surface area contributed by atoms with Gasteiger partial charge in [0.15, 0.2) is 5.96 Å². The number of oxazole rings is 1. The standard InChI is InChI=1S/C19H35N5O/c1-19(2,3)16-14-22-17(25-16)15-23-18(20-4)21-10-9-13-24-11-7-5-6-8-12-24/h14H,5-13,15H2,1-4H3,(H2,20,21,23). The number of hydrogen-bond acceptors (Lipinski definition) is 4. The third-order valence-corrected chi connectivity index (χ3v) is 4.57. The number of aromatic nitrogens is 1. The molecular formula is C19H35N5O. The first kappa shape index (κ1) is 19.8. The third-order valence-electron chi connectivity index (χ3n) is 4.57. The lowest BCUT2D eigenvalue weighted by Crippen LogP contribution is -2.38. The number of guanidine groups is 1. The van der Waals surface area contributed by atoms with Crippen LogP contribution in [0.2, 0.25) is 0 Å². The first-order chi connectivity index (χ1) is 12.0. The second-order valence-electron chi connectivity index (χ2n) is 7.83. The van der Waals surface area contributed by atoms with Crippen molar-refractivity contribution >= 4 is 5.96 Å². The van der Waals surface area contributed by atoms with E-state index in [1.165, 1.54) is 45.3 Å². The normalized spacial score (nSPS) is 17.4. The van der Waals surface area contributed by atoms with Gasteiger partial charge >= 0.3 is 0 Å². The van der Waals surface area contributed by atoms with Gasteiger partial charge in [-0.25, -0.2) is 4.98 Å². The van der Waals surface area contributed by atoms with Gasteiger partial charge in [-0.3, -0.25) is 4.99 Å². The van der Waals surface area contributed by atoms with Crippen molar-refractivity contribution in [3.05, 3.63) is 17.8 Å². The molecule has 1 aromatic heterocycles. The summed E-state index contributed by atoms with van der Waals surface area (Å²) in [5.74, 6) is 2.40. The van der Waals surface area contributed by atoms with Gasteiger partial charge in [0.05, 0.1) is 12.7 Å². The molecule has 1 aliphatic heterocycles. The molecule has 6 heteroatoms. The molecule has 0 radical (unpaired) electrons. The van der Waals surface area contributed by atoms with Crippen molar-refractivity contribution in [2.45, 2.75) is 64.8 Å². The van der Waals surface area contributed by atoms with E-state index in [1.807, 2.05) is 6.20 Å². The number of aliphatic imine (C=N–C) groups is 1. The van der Waals surface area contributed by atoms with Crippen LogP contribution in [-0.2, 0) is 12.0 Å². The molecule has 1 aromatic rings. The van der Waals surface area contributed by atoms with E-state index < -0.39 is 0 Å². The summed E-state index contributed by atoms with van der Waals surface area (Å²) in [6.45, 7) is 11.5. The molecule has 6 nitrogen and oxygen atoms in total. The van der Waals surface area contributed by atoms with E-state index in [0.717, 1.165) is 24.7 Å². The van der Waals surface area contributed by atoms with Crippen LogP contribution < -0.4 is 10.6 Å². The number of hydrogen-bond donors (Lipinski definition) is 2. The summed E-state index contributed by atoms with van der Waals surface area (Å²) in [7, 11) is 1.79. The molecule has 25 heavy (non-hydrogen) atoms. The molecule has 0 spiro atoms. The van der Waals surface area contributed by atoms with Gasteiger partial charge in [-0.05, 0) is 38.9 Å². The van der Waals surface area contributed by atoms with Crippen LogP contribution in [0.3, 0.4) is 0 Å². The highest BCUT2D eigenvalue weighted by Crippen LogP contribution is 2.22. The maximum Gasteiger partial charge on any atom is 0.213 e. The van der Waals surface area contributed by atoms with Crippen LogP contribution in [0.15, 0.2) is 15.6 Å². The van der Waals surface area contributed by atoms with Crippen LogP contribution in [0, 0.1) is 0 Å². The Hall–Kier alpha value is -1.56.